The van der Waals surface area contributed by atoms with E-state index in [1.165, 1.54) is 32.1 Å². The first-order valence-electron chi connectivity index (χ1n) is 13.3. The fourth-order valence-electron chi connectivity index (χ4n) is 3.25. The number of quaternary nitrogens is 1. The number of esters is 1. The van der Waals surface area contributed by atoms with Crippen LogP contribution >= 0.6 is 7.82 Å². The monoisotopic (exact) mass is 509 g/mol. The van der Waals surface area contributed by atoms with Gasteiger partial charge in [0.05, 0.1) is 34.4 Å². The van der Waals surface area contributed by atoms with Gasteiger partial charge in [-0.05, 0) is 12.8 Å². The van der Waals surface area contributed by atoms with Gasteiger partial charge in [-0.15, -0.1) is 0 Å². The third kappa shape index (κ3) is 23.3. The second kappa shape index (κ2) is 20.7. The van der Waals surface area contributed by atoms with Crippen molar-refractivity contribution in [3.8, 4) is 0 Å². The maximum Gasteiger partial charge on any atom is 0.306 e. The number of likely N-dealkylation sites (N-methyl/N-ethyl adjacent to an activating group) is 1. The van der Waals surface area contributed by atoms with Gasteiger partial charge in [0, 0.05) is 13.0 Å². The van der Waals surface area contributed by atoms with Crippen LogP contribution in [0.2, 0.25) is 0 Å². The molecule has 0 aliphatic heterocycles. The van der Waals surface area contributed by atoms with Crippen LogP contribution in [-0.4, -0.2) is 70.7 Å². The predicted octanol–water partition coefficient (Wildman–Crippen LogP) is 5.23. The van der Waals surface area contributed by atoms with Crippen LogP contribution in [0.4, 0.5) is 0 Å². The summed E-state index contributed by atoms with van der Waals surface area (Å²) in [6, 6.07) is 0. The minimum atomic E-state index is -4.48. The Kier molecular flexibility index (Phi) is 20.4. The number of ether oxygens (including phenoxy) is 2. The van der Waals surface area contributed by atoms with Crippen LogP contribution in [0, 0.1) is 0 Å². The molecule has 0 spiro atoms. The van der Waals surface area contributed by atoms with E-state index in [4.69, 9.17) is 18.5 Å². The minimum Gasteiger partial charge on any atom is -0.756 e. The number of hydrogen-bond acceptors (Lipinski definition) is 7. The van der Waals surface area contributed by atoms with Crippen molar-refractivity contribution in [3.05, 3.63) is 0 Å². The fourth-order valence-corrected chi connectivity index (χ4v) is 3.98. The van der Waals surface area contributed by atoms with Gasteiger partial charge in [-0.1, -0.05) is 78.1 Å². The molecule has 0 fully saturated rings. The summed E-state index contributed by atoms with van der Waals surface area (Å²) in [6.07, 6.45) is 12.9. The molecule has 0 aromatic rings. The van der Waals surface area contributed by atoms with E-state index >= 15 is 0 Å². The number of carbonyl (C=O) groups excluding carboxylic acids is 1. The molecule has 0 bridgehead atoms. The molecule has 2 unspecified atom stereocenters. The molecule has 204 valence electrons. The number of phosphoric acid groups is 1. The summed E-state index contributed by atoms with van der Waals surface area (Å²) in [6.45, 7) is 5.26. The molecule has 0 saturated carbocycles. The molecule has 0 aromatic carbocycles. The van der Waals surface area contributed by atoms with Gasteiger partial charge in [0.2, 0.25) is 0 Å². The van der Waals surface area contributed by atoms with Crippen LogP contribution in [0.25, 0.3) is 0 Å². The summed E-state index contributed by atoms with van der Waals surface area (Å²) in [7, 11) is 1.35. The van der Waals surface area contributed by atoms with Crippen molar-refractivity contribution in [3.63, 3.8) is 0 Å². The Bertz CT molecular complexity index is 540. The predicted molar refractivity (Wildman–Crippen MR) is 134 cm³/mol. The van der Waals surface area contributed by atoms with Gasteiger partial charge in [-0.2, -0.15) is 0 Å². The van der Waals surface area contributed by atoms with Crippen molar-refractivity contribution in [2.75, 3.05) is 54.1 Å². The van der Waals surface area contributed by atoms with Crippen LogP contribution in [0.1, 0.15) is 97.3 Å². The van der Waals surface area contributed by atoms with Crippen molar-refractivity contribution in [1.29, 1.82) is 0 Å². The molecule has 0 aliphatic carbocycles. The van der Waals surface area contributed by atoms with Crippen molar-refractivity contribution in [2.24, 2.45) is 0 Å². The summed E-state index contributed by atoms with van der Waals surface area (Å²) in [5.74, 6) is -0.351. The summed E-state index contributed by atoms with van der Waals surface area (Å²) in [4.78, 5) is 24.3. The fraction of sp³-hybridized carbons (Fsp3) is 0.960. The first-order chi connectivity index (χ1) is 16.1. The number of unbranched alkanes of at least 4 members (excludes halogenated alkanes) is 10. The van der Waals surface area contributed by atoms with Crippen LogP contribution in [0.5, 0.6) is 0 Å². The number of nitrogens with zero attached hydrogens (tertiary/aromatic N) is 1. The molecule has 0 N–H and O–H groups in total. The van der Waals surface area contributed by atoms with Gasteiger partial charge in [0.1, 0.15) is 19.3 Å². The SMILES string of the molecule is CCCCCCCCCOCC(COP(=O)([O-])OCC[N+](C)(C)C)OC(=O)CCCCCCC. The highest BCUT2D eigenvalue weighted by molar-refractivity contribution is 7.45. The number of rotatable bonds is 24. The van der Waals surface area contributed by atoms with Gasteiger partial charge in [0.15, 0.2) is 0 Å². The molecule has 2 atom stereocenters. The Balaban J connectivity index is 4.43. The highest BCUT2D eigenvalue weighted by Crippen LogP contribution is 2.38. The van der Waals surface area contributed by atoms with E-state index in [0.717, 1.165) is 44.9 Å². The lowest BCUT2D eigenvalue weighted by Crippen LogP contribution is -2.37. The Morgan fingerprint density at radius 2 is 1.35 bits per heavy atom. The van der Waals surface area contributed by atoms with Gasteiger partial charge < -0.3 is 27.9 Å². The molecule has 9 heteroatoms. The Morgan fingerprint density at radius 3 is 1.94 bits per heavy atom. The first-order valence-corrected chi connectivity index (χ1v) is 14.7. The zero-order valence-corrected chi connectivity index (χ0v) is 23.5. The van der Waals surface area contributed by atoms with Crippen LogP contribution in [0.15, 0.2) is 0 Å². The van der Waals surface area contributed by atoms with E-state index < -0.39 is 13.9 Å². The largest absolute Gasteiger partial charge is 0.756 e. The van der Waals surface area contributed by atoms with Crippen molar-refractivity contribution < 1.29 is 37.3 Å². The van der Waals surface area contributed by atoms with Gasteiger partial charge >= 0.3 is 5.97 Å². The van der Waals surface area contributed by atoms with Crippen LogP contribution < -0.4 is 4.89 Å². The van der Waals surface area contributed by atoms with Gasteiger partial charge in [-0.25, -0.2) is 0 Å². The second-order valence-corrected chi connectivity index (χ2v) is 11.5. The molecular weight excluding hydrogens is 457 g/mol. The lowest BCUT2D eigenvalue weighted by molar-refractivity contribution is -0.870. The molecule has 0 saturated heterocycles. The lowest BCUT2D eigenvalue weighted by Gasteiger charge is -2.28. The summed E-state index contributed by atoms with van der Waals surface area (Å²) in [5, 5.41) is 0. The van der Waals surface area contributed by atoms with Crippen molar-refractivity contribution in [1.82, 2.24) is 0 Å². The van der Waals surface area contributed by atoms with E-state index in [1.807, 2.05) is 21.1 Å². The standard InChI is InChI=1S/C25H52NO7P/c1-6-8-10-12-13-15-17-20-30-22-24(33-25(27)18-16-14-11-9-7-2)23-32-34(28,29)31-21-19-26(3,4)5/h24H,6-23H2,1-5H3. The van der Waals surface area contributed by atoms with E-state index in [2.05, 4.69) is 13.8 Å². The Morgan fingerprint density at radius 1 is 0.794 bits per heavy atom. The minimum absolute atomic E-state index is 0.0290. The highest BCUT2D eigenvalue weighted by atomic mass is 31.2. The zero-order valence-electron chi connectivity index (χ0n) is 22.6. The lowest BCUT2D eigenvalue weighted by atomic mass is 10.1. The third-order valence-corrected chi connectivity index (χ3v) is 6.37. The van der Waals surface area contributed by atoms with E-state index in [9.17, 15) is 14.3 Å². The summed E-state index contributed by atoms with van der Waals surface area (Å²) in [5.41, 5.74) is 0. The normalized spacial score (nSPS) is 14.6. The Hall–Kier alpha value is -0.500. The molecule has 0 aliphatic rings. The number of carbonyl (C=O) groups is 1. The smallest absolute Gasteiger partial charge is 0.306 e. The third-order valence-electron chi connectivity index (χ3n) is 5.41. The first kappa shape index (κ1) is 33.5. The van der Waals surface area contributed by atoms with Gasteiger partial charge in [-0.3, -0.25) is 9.36 Å². The number of hydrogen-bond donors (Lipinski definition) is 0. The van der Waals surface area contributed by atoms with Crippen molar-refractivity contribution >= 4 is 13.8 Å². The van der Waals surface area contributed by atoms with Crippen molar-refractivity contribution in [2.45, 2.75) is 103 Å². The molecule has 0 heterocycles. The average Bonchev–Trinajstić information content (AvgIpc) is 2.75. The quantitative estimate of drug-likeness (QED) is 0.0761. The number of phosphoric ester groups is 1. The summed E-state index contributed by atoms with van der Waals surface area (Å²) >= 11 is 0. The molecule has 0 aromatic heterocycles. The van der Waals surface area contributed by atoms with Gasteiger partial charge in [0.25, 0.3) is 7.82 Å². The zero-order chi connectivity index (χ0) is 25.7. The molecule has 8 nitrogen and oxygen atoms in total. The summed E-state index contributed by atoms with van der Waals surface area (Å²) < 4.78 is 33.8. The topological polar surface area (TPSA) is 94.1 Å². The molecule has 0 amide bonds. The van der Waals surface area contributed by atoms with E-state index in [-0.39, 0.29) is 25.8 Å². The average molecular weight is 510 g/mol. The second-order valence-electron chi connectivity index (χ2n) is 10.1. The van der Waals surface area contributed by atoms with Crippen LogP contribution in [0.3, 0.4) is 0 Å². The maximum atomic E-state index is 12.2. The van der Waals surface area contributed by atoms with E-state index in [1.54, 1.807) is 0 Å². The maximum absolute atomic E-state index is 12.2. The molecule has 34 heavy (non-hydrogen) atoms. The molecule has 0 rings (SSSR count). The Labute approximate surface area is 208 Å². The van der Waals surface area contributed by atoms with Crippen LogP contribution in [-0.2, 0) is 27.9 Å². The van der Waals surface area contributed by atoms with E-state index in [0.29, 0.717) is 24.1 Å². The molecule has 0 radical (unpaired) electrons. The molecular formula is C25H52NO7P. The highest BCUT2D eigenvalue weighted by Gasteiger charge is 2.20.